The molecule has 0 aliphatic rings. The molecular formula is C14H19N7O. The normalized spacial score (nSPS) is 12.6. The van der Waals surface area contributed by atoms with Crippen LogP contribution < -0.4 is 5.32 Å². The minimum Gasteiger partial charge on any atom is -0.394 e. The van der Waals surface area contributed by atoms with Crippen molar-refractivity contribution in [2.75, 3.05) is 18.5 Å². The molecule has 3 aromatic rings. The number of aromatic nitrogens is 6. The molecule has 3 rings (SSSR count). The summed E-state index contributed by atoms with van der Waals surface area (Å²) in [7, 11) is 0. The molecule has 0 unspecified atom stereocenters. The van der Waals surface area contributed by atoms with Crippen molar-refractivity contribution in [3.63, 3.8) is 0 Å². The van der Waals surface area contributed by atoms with Gasteiger partial charge >= 0.3 is 0 Å². The Bertz CT molecular complexity index is 722. The lowest BCUT2D eigenvalue weighted by Gasteiger charge is -2.13. The second-order valence-corrected chi connectivity index (χ2v) is 5.27. The van der Waals surface area contributed by atoms with Crippen LogP contribution in [0.3, 0.4) is 0 Å². The molecule has 0 amide bonds. The molecule has 0 fully saturated rings. The Hall–Kier alpha value is -2.48. The van der Waals surface area contributed by atoms with Gasteiger partial charge in [-0.05, 0) is 12.0 Å². The third kappa shape index (κ3) is 3.06. The molecule has 0 radical (unpaired) electrons. The summed E-state index contributed by atoms with van der Waals surface area (Å²) in [5.41, 5.74) is 0.728. The number of anilines is 1. The number of fused-ring (bicyclic) bond motifs is 1. The Morgan fingerprint density at radius 2 is 2.23 bits per heavy atom. The first kappa shape index (κ1) is 14.5. The highest BCUT2D eigenvalue weighted by Gasteiger charge is 2.10. The van der Waals surface area contributed by atoms with Gasteiger partial charge in [-0.1, -0.05) is 6.92 Å². The van der Waals surface area contributed by atoms with Gasteiger partial charge in [-0.25, -0.2) is 14.6 Å². The average molecular weight is 301 g/mol. The van der Waals surface area contributed by atoms with Gasteiger partial charge < -0.3 is 10.4 Å². The van der Waals surface area contributed by atoms with E-state index in [0.29, 0.717) is 12.5 Å². The minimum absolute atomic E-state index is 0.0322. The fourth-order valence-electron chi connectivity index (χ4n) is 2.36. The topological polar surface area (TPSA) is 93.7 Å². The number of aliphatic hydroxyl groups is 1. The van der Waals surface area contributed by atoms with E-state index in [4.69, 9.17) is 5.11 Å². The van der Waals surface area contributed by atoms with Gasteiger partial charge in [-0.3, -0.25) is 4.68 Å². The van der Waals surface area contributed by atoms with E-state index in [0.717, 1.165) is 29.9 Å². The van der Waals surface area contributed by atoms with Crippen molar-refractivity contribution >= 4 is 16.9 Å². The molecular weight excluding hydrogens is 282 g/mol. The van der Waals surface area contributed by atoms with Crippen molar-refractivity contribution < 1.29 is 5.11 Å². The SMILES string of the molecule is C[C@H](CNc1ncnc2c1cnn2CCO)Cn1cccn1. The molecule has 1 atom stereocenters. The largest absolute Gasteiger partial charge is 0.394 e. The van der Waals surface area contributed by atoms with E-state index >= 15 is 0 Å². The maximum absolute atomic E-state index is 9.04. The van der Waals surface area contributed by atoms with Gasteiger partial charge in [0, 0.05) is 25.5 Å². The van der Waals surface area contributed by atoms with E-state index in [1.54, 1.807) is 17.1 Å². The van der Waals surface area contributed by atoms with Crippen LogP contribution in [0.5, 0.6) is 0 Å². The molecule has 0 aliphatic heterocycles. The van der Waals surface area contributed by atoms with E-state index in [2.05, 4.69) is 32.4 Å². The van der Waals surface area contributed by atoms with E-state index in [1.807, 2.05) is 16.9 Å². The van der Waals surface area contributed by atoms with Crippen molar-refractivity contribution in [2.45, 2.75) is 20.0 Å². The maximum Gasteiger partial charge on any atom is 0.163 e. The molecule has 2 N–H and O–H groups in total. The molecule has 3 aromatic heterocycles. The lowest BCUT2D eigenvalue weighted by molar-refractivity contribution is 0.271. The molecule has 8 heteroatoms. The maximum atomic E-state index is 9.04. The van der Waals surface area contributed by atoms with Crippen LogP contribution in [0.1, 0.15) is 6.92 Å². The van der Waals surface area contributed by atoms with Crippen molar-refractivity contribution in [2.24, 2.45) is 5.92 Å². The predicted octanol–water partition coefficient (Wildman–Crippen LogP) is 0.763. The molecule has 22 heavy (non-hydrogen) atoms. The van der Waals surface area contributed by atoms with Crippen LogP contribution in [0, 0.1) is 5.92 Å². The number of nitrogens with one attached hydrogen (secondary N) is 1. The average Bonchev–Trinajstić information content (AvgIpc) is 3.16. The number of hydrogen-bond donors (Lipinski definition) is 2. The Balaban J connectivity index is 1.68. The lowest BCUT2D eigenvalue weighted by atomic mass is 10.2. The summed E-state index contributed by atoms with van der Waals surface area (Å²) in [5.74, 6) is 1.17. The summed E-state index contributed by atoms with van der Waals surface area (Å²) in [6.07, 6.45) is 6.98. The van der Waals surface area contributed by atoms with Gasteiger partial charge in [0.15, 0.2) is 5.65 Å². The Labute approximate surface area is 127 Å². The van der Waals surface area contributed by atoms with Crippen molar-refractivity contribution in [1.82, 2.24) is 29.5 Å². The third-order valence-electron chi connectivity index (χ3n) is 3.42. The lowest BCUT2D eigenvalue weighted by Crippen LogP contribution is -2.18. The van der Waals surface area contributed by atoms with Crippen LogP contribution in [-0.2, 0) is 13.1 Å². The Morgan fingerprint density at radius 1 is 1.32 bits per heavy atom. The van der Waals surface area contributed by atoms with Crippen LogP contribution in [0.15, 0.2) is 31.0 Å². The van der Waals surface area contributed by atoms with Gasteiger partial charge in [0.1, 0.15) is 12.1 Å². The summed E-state index contributed by atoms with van der Waals surface area (Å²) in [6, 6.07) is 1.92. The van der Waals surface area contributed by atoms with Crippen molar-refractivity contribution in [3.8, 4) is 0 Å². The molecule has 0 saturated carbocycles. The number of nitrogens with zero attached hydrogens (tertiary/aromatic N) is 6. The highest BCUT2D eigenvalue weighted by Crippen LogP contribution is 2.18. The fraction of sp³-hybridized carbons (Fsp3) is 0.429. The third-order valence-corrected chi connectivity index (χ3v) is 3.42. The van der Waals surface area contributed by atoms with Gasteiger partial charge in [0.25, 0.3) is 0 Å². The van der Waals surface area contributed by atoms with Crippen LogP contribution >= 0.6 is 0 Å². The quantitative estimate of drug-likeness (QED) is 0.669. The fourth-order valence-corrected chi connectivity index (χ4v) is 2.36. The molecule has 0 bridgehead atoms. The predicted molar refractivity (Wildman–Crippen MR) is 82.3 cm³/mol. The summed E-state index contributed by atoms with van der Waals surface area (Å²) in [5, 5.41) is 21.7. The van der Waals surface area contributed by atoms with Gasteiger partial charge in [0.05, 0.1) is 24.7 Å². The number of hydrogen-bond acceptors (Lipinski definition) is 6. The van der Waals surface area contributed by atoms with Crippen LogP contribution in [-0.4, -0.2) is 47.8 Å². The second-order valence-electron chi connectivity index (χ2n) is 5.27. The molecule has 8 nitrogen and oxygen atoms in total. The summed E-state index contributed by atoms with van der Waals surface area (Å²) < 4.78 is 3.59. The smallest absolute Gasteiger partial charge is 0.163 e. The monoisotopic (exact) mass is 301 g/mol. The number of rotatable bonds is 7. The molecule has 0 aromatic carbocycles. The van der Waals surface area contributed by atoms with Crippen LogP contribution in [0.25, 0.3) is 11.0 Å². The van der Waals surface area contributed by atoms with Gasteiger partial charge in [0.2, 0.25) is 0 Å². The van der Waals surface area contributed by atoms with Crippen molar-refractivity contribution in [3.05, 3.63) is 31.0 Å². The van der Waals surface area contributed by atoms with Gasteiger partial charge in [-0.15, -0.1) is 0 Å². The Kier molecular flexibility index (Phi) is 4.29. The van der Waals surface area contributed by atoms with E-state index in [9.17, 15) is 0 Å². The Morgan fingerprint density at radius 3 is 3.00 bits per heavy atom. The molecule has 3 heterocycles. The zero-order valence-electron chi connectivity index (χ0n) is 12.4. The standard InChI is InChI=1S/C14H19N7O/c1-11(9-20-4-2-3-18-20)7-15-13-12-8-19-21(5-6-22)14(12)17-10-16-13/h2-4,8,10-11,22H,5-7,9H2,1H3,(H,15,16,17)/t11-/m1/s1. The van der Waals surface area contributed by atoms with Crippen LogP contribution in [0.2, 0.25) is 0 Å². The molecule has 116 valence electrons. The first-order valence-corrected chi connectivity index (χ1v) is 7.26. The molecule has 0 saturated heterocycles. The first-order chi connectivity index (χ1) is 10.8. The zero-order valence-corrected chi connectivity index (χ0v) is 12.4. The molecule has 0 spiro atoms. The van der Waals surface area contributed by atoms with Crippen LogP contribution in [0.4, 0.5) is 5.82 Å². The van der Waals surface area contributed by atoms with E-state index in [1.165, 1.54) is 6.33 Å². The van der Waals surface area contributed by atoms with Gasteiger partial charge in [-0.2, -0.15) is 10.2 Å². The second kappa shape index (κ2) is 6.52. The molecule has 0 aliphatic carbocycles. The first-order valence-electron chi connectivity index (χ1n) is 7.26. The summed E-state index contributed by atoms with van der Waals surface area (Å²) in [4.78, 5) is 8.52. The minimum atomic E-state index is 0.0322. The summed E-state index contributed by atoms with van der Waals surface area (Å²) in [6.45, 7) is 4.23. The summed E-state index contributed by atoms with van der Waals surface area (Å²) >= 11 is 0. The highest BCUT2D eigenvalue weighted by molar-refractivity contribution is 5.85. The van der Waals surface area contributed by atoms with E-state index < -0.39 is 0 Å². The number of aliphatic hydroxyl groups excluding tert-OH is 1. The van der Waals surface area contributed by atoms with Crippen molar-refractivity contribution in [1.29, 1.82) is 0 Å². The van der Waals surface area contributed by atoms with E-state index in [-0.39, 0.29) is 6.61 Å². The highest BCUT2D eigenvalue weighted by atomic mass is 16.3. The zero-order chi connectivity index (χ0) is 15.4.